The molecule has 0 amide bonds. The molecule has 0 aliphatic carbocycles. The summed E-state index contributed by atoms with van der Waals surface area (Å²) in [6, 6.07) is 0. The summed E-state index contributed by atoms with van der Waals surface area (Å²) >= 11 is 0. The van der Waals surface area contributed by atoms with Gasteiger partial charge in [0.05, 0.1) is 0 Å². The number of halogens is 1. The average molecular weight is 125 g/mol. The van der Waals surface area contributed by atoms with Crippen LogP contribution in [0.2, 0.25) is 0 Å². The zero-order chi connectivity index (χ0) is 5.21. The van der Waals surface area contributed by atoms with Crippen LogP contribution in [0.25, 0.3) is 0 Å². The molecular formula is C4H13ClN2. The second-order valence-corrected chi connectivity index (χ2v) is 2.19. The molecule has 0 atom stereocenters. The first-order valence-electron chi connectivity index (χ1n) is 2.05. The Balaban J connectivity index is 0. The molecule has 4 N–H and O–H groups in total. The fraction of sp³-hybridized carbons (Fsp3) is 1.00. The molecule has 46 valence electrons. The van der Waals surface area contributed by atoms with Gasteiger partial charge < -0.3 is 11.5 Å². The van der Waals surface area contributed by atoms with Crippen LogP contribution in [0.1, 0.15) is 13.8 Å². The topological polar surface area (TPSA) is 52.0 Å². The Morgan fingerprint density at radius 2 is 1.57 bits per heavy atom. The number of nitrogens with two attached hydrogens (primary N) is 2. The van der Waals surface area contributed by atoms with Gasteiger partial charge in [0.25, 0.3) is 0 Å². The predicted molar refractivity (Wildman–Crippen MR) is 34.6 cm³/mol. The quantitative estimate of drug-likeness (QED) is 0.521. The standard InChI is InChI=1S/C4H12N2.ClH/c1-4(2,6)3-5;/h3,5-6H2,1-2H3;1H. The van der Waals surface area contributed by atoms with Crippen LogP contribution in [0.3, 0.4) is 0 Å². The van der Waals surface area contributed by atoms with Crippen molar-refractivity contribution >= 4 is 12.4 Å². The zero-order valence-electron chi connectivity index (χ0n) is 4.77. The first-order valence-corrected chi connectivity index (χ1v) is 2.05. The van der Waals surface area contributed by atoms with E-state index in [0.717, 1.165) is 0 Å². The third-order valence-electron chi connectivity index (χ3n) is 0.526. The molecule has 0 unspecified atom stereocenters. The molecule has 0 rings (SSSR count). The van der Waals surface area contributed by atoms with Gasteiger partial charge in [0.2, 0.25) is 0 Å². The number of hydrogen-bond donors (Lipinski definition) is 2. The van der Waals surface area contributed by atoms with Crippen molar-refractivity contribution in [2.24, 2.45) is 11.5 Å². The van der Waals surface area contributed by atoms with E-state index in [1.54, 1.807) is 0 Å². The highest BCUT2D eigenvalue weighted by Crippen LogP contribution is 1.88. The lowest BCUT2D eigenvalue weighted by Gasteiger charge is -2.13. The van der Waals surface area contributed by atoms with E-state index < -0.39 is 0 Å². The molecule has 0 aromatic heterocycles. The van der Waals surface area contributed by atoms with Gasteiger partial charge in [0.15, 0.2) is 0 Å². The predicted octanol–water partition coefficient (Wildman–Crippen LogP) is 0.104. The summed E-state index contributed by atoms with van der Waals surface area (Å²) in [5, 5.41) is 0. The summed E-state index contributed by atoms with van der Waals surface area (Å²) in [6.45, 7) is 4.34. The van der Waals surface area contributed by atoms with E-state index in [-0.39, 0.29) is 17.9 Å². The van der Waals surface area contributed by atoms with Crippen molar-refractivity contribution in [3.8, 4) is 0 Å². The summed E-state index contributed by atoms with van der Waals surface area (Å²) in [7, 11) is 0. The molecule has 0 saturated heterocycles. The smallest absolute Gasteiger partial charge is 0.0221 e. The molecule has 0 aliphatic heterocycles. The lowest BCUT2D eigenvalue weighted by molar-refractivity contribution is 0.532. The number of hydrogen-bond acceptors (Lipinski definition) is 2. The molecule has 0 bridgehead atoms. The van der Waals surface area contributed by atoms with Crippen molar-refractivity contribution < 1.29 is 0 Å². The van der Waals surface area contributed by atoms with Crippen molar-refractivity contribution in [2.45, 2.75) is 19.4 Å². The van der Waals surface area contributed by atoms with Crippen LogP contribution >= 0.6 is 12.4 Å². The highest BCUT2D eigenvalue weighted by molar-refractivity contribution is 5.85. The van der Waals surface area contributed by atoms with Crippen LogP contribution in [-0.2, 0) is 0 Å². The van der Waals surface area contributed by atoms with Gasteiger partial charge in [-0.1, -0.05) is 0 Å². The van der Waals surface area contributed by atoms with Crippen LogP contribution in [0.15, 0.2) is 0 Å². The van der Waals surface area contributed by atoms with Gasteiger partial charge in [0.1, 0.15) is 0 Å². The zero-order valence-corrected chi connectivity index (χ0v) is 5.59. The number of rotatable bonds is 1. The molecule has 0 radical (unpaired) electrons. The van der Waals surface area contributed by atoms with Gasteiger partial charge in [-0.25, -0.2) is 0 Å². The van der Waals surface area contributed by atoms with Crippen LogP contribution < -0.4 is 11.5 Å². The molecular weight excluding hydrogens is 112 g/mol. The first kappa shape index (κ1) is 10.2. The van der Waals surface area contributed by atoms with Crippen LogP contribution in [0.4, 0.5) is 0 Å². The van der Waals surface area contributed by atoms with E-state index >= 15 is 0 Å². The minimum Gasteiger partial charge on any atom is -0.329 e. The van der Waals surface area contributed by atoms with Crippen molar-refractivity contribution in [1.82, 2.24) is 0 Å². The van der Waals surface area contributed by atoms with E-state index in [1.165, 1.54) is 0 Å². The minimum atomic E-state index is -0.181. The third-order valence-corrected chi connectivity index (χ3v) is 0.526. The lowest BCUT2D eigenvalue weighted by Crippen LogP contribution is -2.40. The molecule has 3 heteroatoms. The van der Waals surface area contributed by atoms with Gasteiger partial charge in [-0.3, -0.25) is 0 Å². The molecule has 0 fully saturated rings. The largest absolute Gasteiger partial charge is 0.329 e. The molecule has 2 nitrogen and oxygen atoms in total. The van der Waals surface area contributed by atoms with Gasteiger partial charge in [-0.15, -0.1) is 12.4 Å². The molecule has 0 aromatic carbocycles. The summed E-state index contributed by atoms with van der Waals surface area (Å²) in [4.78, 5) is 0. The van der Waals surface area contributed by atoms with E-state index in [4.69, 9.17) is 11.5 Å². The van der Waals surface area contributed by atoms with E-state index in [1.807, 2.05) is 13.8 Å². The molecule has 0 spiro atoms. The Hall–Kier alpha value is 0.210. The summed E-state index contributed by atoms with van der Waals surface area (Å²) in [5.74, 6) is 0. The summed E-state index contributed by atoms with van der Waals surface area (Å²) in [6.07, 6.45) is 0. The van der Waals surface area contributed by atoms with Crippen LogP contribution in [0.5, 0.6) is 0 Å². The van der Waals surface area contributed by atoms with Crippen molar-refractivity contribution in [1.29, 1.82) is 0 Å². The maximum atomic E-state index is 5.41. The average Bonchev–Trinajstić information content (AvgIpc) is 1.35. The Morgan fingerprint density at radius 1 is 1.43 bits per heavy atom. The van der Waals surface area contributed by atoms with Gasteiger partial charge in [-0.2, -0.15) is 0 Å². The second kappa shape index (κ2) is 3.24. The van der Waals surface area contributed by atoms with Crippen molar-refractivity contribution in [3.63, 3.8) is 0 Å². The van der Waals surface area contributed by atoms with Crippen LogP contribution in [0, 0.1) is 0 Å². The fourth-order valence-electron chi connectivity index (χ4n) is 0. The van der Waals surface area contributed by atoms with E-state index in [9.17, 15) is 0 Å². The highest BCUT2D eigenvalue weighted by Gasteiger charge is 2.04. The van der Waals surface area contributed by atoms with E-state index in [2.05, 4.69) is 0 Å². The first-order chi connectivity index (χ1) is 2.56. The SMILES string of the molecule is CC(C)(N)CN.Cl. The maximum Gasteiger partial charge on any atom is 0.0221 e. The fourth-order valence-corrected chi connectivity index (χ4v) is 0. The molecule has 0 heterocycles. The minimum absolute atomic E-state index is 0. The lowest BCUT2D eigenvalue weighted by atomic mass is 10.1. The van der Waals surface area contributed by atoms with Gasteiger partial charge >= 0.3 is 0 Å². The molecule has 7 heavy (non-hydrogen) atoms. The Morgan fingerprint density at radius 3 is 1.57 bits per heavy atom. The summed E-state index contributed by atoms with van der Waals surface area (Å²) in [5.41, 5.74) is 10.4. The maximum absolute atomic E-state index is 5.41. The van der Waals surface area contributed by atoms with Gasteiger partial charge in [-0.05, 0) is 13.8 Å². The summed E-state index contributed by atoms with van der Waals surface area (Å²) < 4.78 is 0. The third kappa shape index (κ3) is 10.7. The van der Waals surface area contributed by atoms with Crippen molar-refractivity contribution in [3.05, 3.63) is 0 Å². The Bertz CT molecular complexity index is 39.4. The Labute approximate surface area is 50.7 Å². The second-order valence-electron chi connectivity index (χ2n) is 2.19. The van der Waals surface area contributed by atoms with Crippen molar-refractivity contribution in [2.75, 3.05) is 6.54 Å². The van der Waals surface area contributed by atoms with E-state index in [0.29, 0.717) is 6.54 Å². The molecule has 0 aromatic rings. The highest BCUT2D eigenvalue weighted by atomic mass is 35.5. The Kier molecular flexibility index (Phi) is 4.75. The van der Waals surface area contributed by atoms with Crippen LogP contribution in [-0.4, -0.2) is 12.1 Å². The molecule has 0 saturated carbocycles. The normalized spacial score (nSPS) is 10.3. The monoisotopic (exact) mass is 124 g/mol. The molecule has 0 aliphatic rings. The van der Waals surface area contributed by atoms with Gasteiger partial charge in [0, 0.05) is 12.1 Å².